The van der Waals surface area contributed by atoms with Crippen LogP contribution >= 0.6 is 27.3 Å². The largest absolute Gasteiger partial charge is 0.494 e. The van der Waals surface area contributed by atoms with E-state index in [1.54, 1.807) is 0 Å². The Hall–Kier alpha value is -1.33. The Kier molecular flexibility index (Phi) is 4.38. The van der Waals surface area contributed by atoms with Crippen molar-refractivity contribution in [2.75, 3.05) is 12.3 Å². The van der Waals surface area contributed by atoms with Crippen molar-refractivity contribution in [1.82, 2.24) is 4.98 Å². The normalized spacial score (nSPS) is 11.0. The van der Waals surface area contributed by atoms with Crippen LogP contribution in [0, 0.1) is 0 Å². The SMILES string of the molecule is CCOc1ccc(C=Cc2csc(N)n2)c(Br)c1. The number of rotatable bonds is 4. The van der Waals surface area contributed by atoms with Gasteiger partial charge in [-0.2, -0.15) is 0 Å². The maximum atomic E-state index is 5.58. The summed E-state index contributed by atoms with van der Waals surface area (Å²) in [6.45, 7) is 2.63. The van der Waals surface area contributed by atoms with Gasteiger partial charge in [-0.05, 0) is 30.7 Å². The highest BCUT2D eigenvalue weighted by atomic mass is 79.9. The summed E-state index contributed by atoms with van der Waals surface area (Å²) in [4.78, 5) is 4.17. The molecular weight excluding hydrogens is 312 g/mol. The van der Waals surface area contributed by atoms with Gasteiger partial charge >= 0.3 is 0 Å². The molecule has 2 rings (SSSR count). The number of benzene rings is 1. The van der Waals surface area contributed by atoms with Gasteiger partial charge in [0, 0.05) is 9.85 Å². The number of aromatic nitrogens is 1. The molecule has 94 valence electrons. The summed E-state index contributed by atoms with van der Waals surface area (Å²) < 4.78 is 6.42. The van der Waals surface area contributed by atoms with Crippen LogP contribution < -0.4 is 10.5 Å². The van der Waals surface area contributed by atoms with Gasteiger partial charge in [-0.3, -0.25) is 0 Å². The number of thiazole rings is 1. The highest BCUT2D eigenvalue weighted by molar-refractivity contribution is 9.10. The fourth-order valence-corrected chi connectivity index (χ4v) is 2.47. The first kappa shape index (κ1) is 13.1. The quantitative estimate of drug-likeness (QED) is 0.922. The Balaban J connectivity index is 2.16. The molecule has 0 amide bonds. The zero-order valence-corrected chi connectivity index (χ0v) is 12.3. The van der Waals surface area contributed by atoms with Crippen LogP contribution in [0.1, 0.15) is 18.2 Å². The van der Waals surface area contributed by atoms with E-state index in [1.807, 2.05) is 42.7 Å². The summed E-state index contributed by atoms with van der Waals surface area (Å²) >= 11 is 4.96. The Morgan fingerprint density at radius 1 is 1.44 bits per heavy atom. The standard InChI is InChI=1S/C13H13BrN2OS/c1-2-17-11-6-4-9(12(14)7-11)3-5-10-8-18-13(15)16-10/h3-8H,2H2,1H3,(H2,15,16). The number of hydrogen-bond acceptors (Lipinski definition) is 4. The summed E-state index contributed by atoms with van der Waals surface area (Å²) in [6, 6.07) is 5.91. The highest BCUT2D eigenvalue weighted by Crippen LogP contribution is 2.25. The molecule has 2 N–H and O–H groups in total. The van der Waals surface area contributed by atoms with Gasteiger partial charge < -0.3 is 10.5 Å². The van der Waals surface area contributed by atoms with Crippen molar-refractivity contribution in [2.24, 2.45) is 0 Å². The van der Waals surface area contributed by atoms with Gasteiger partial charge in [-0.1, -0.05) is 28.1 Å². The van der Waals surface area contributed by atoms with Gasteiger partial charge in [0.05, 0.1) is 12.3 Å². The van der Waals surface area contributed by atoms with Crippen molar-refractivity contribution in [3.8, 4) is 5.75 Å². The van der Waals surface area contributed by atoms with Crippen LogP contribution in [0.15, 0.2) is 28.1 Å². The third-order valence-corrected chi connectivity index (χ3v) is 3.64. The average Bonchev–Trinajstić information content (AvgIpc) is 2.74. The minimum atomic E-state index is 0.584. The van der Waals surface area contributed by atoms with Crippen LogP contribution in [0.3, 0.4) is 0 Å². The molecule has 18 heavy (non-hydrogen) atoms. The lowest BCUT2D eigenvalue weighted by atomic mass is 10.2. The maximum absolute atomic E-state index is 5.58. The topological polar surface area (TPSA) is 48.1 Å². The molecule has 1 aromatic heterocycles. The Morgan fingerprint density at radius 2 is 2.28 bits per heavy atom. The van der Waals surface area contributed by atoms with Gasteiger partial charge in [0.25, 0.3) is 0 Å². The summed E-state index contributed by atoms with van der Waals surface area (Å²) in [5, 5.41) is 2.51. The molecule has 0 aliphatic heterocycles. The summed E-state index contributed by atoms with van der Waals surface area (Å²) in [6.07, 6.45) is 3.93. The minimum absolute atomic E-state index is 0.584. The van der Waals surface area contributed by atoms with Crippen LogP contribution in [0.2, 0.25) is 0 Å². The molecular formula is C13H13BrN2OS. The smallest absolute Gasteiger partial charge is 0.180 e. The minimum Gasteiger partial charge on any atom is -0.494 e. The molecule has 0 saturated heterocycles. The molecule has 0 bridgehead atoms. The molecule has 0 saturated carbocycles. The third-order valence-electron chi connectivity index (χ3n) is 2.26. The van der Waals surface area contributed by atoms with E-state index in [0.717, 1.165) is 21.5 Å². The van der Waals surface area contributed by atoms with Crippen molar-refractivity contribution in [2.45, 2.75) is 6.92 Å². The molecule has 3 nitrogen and oxygen atoms in total. The van der Waals surface area contributed by atoms with E-state index in [2.05, 4.69) is 20.9 Å². The second kappa shape index (κ2) is 6.02. The molecule has 0 aliphatic carbocycles. The van der Waals surface area contributed by atoms with Gasteiger partial charge in [-0.15, -0.1) is 11.3 Å². The lowest BCUT2D eigenvalue weighted by molar-refractivity contribution is 0.340. The molecule has 2 aromatic rings. The van der Waals surface area contributed by atoms with Crippen molar-refractivity contribution >= 4 is 44.6 Å². The zero-order chi connectivity index (χ0) is 13.0. The van der Waals surface area contributed by atoms with Crippen molar-refractivity contribution in [1.29, 1.82) is 0 Å². The lowest BCUT2D eigenvalue weighted by Crippen LogP contribution is -1.91. The lowest BCUT2D eigenvalue weighted by Gasteiger charge is -2.04. The number of nitrogens with zero attached hydrogens (tertiary/aromatic N) is 1. The van der Waals surface area contributed by atoms with Gasteiger partial charge in [0.2, 0.25) is 0 Å². The number of hydrogen-bond donors (Lipinski definition) is 1. The summed E-state index contributed by atoms with van der Waals surface area (Å²) in [7, 11) is 0. The van der Waals surface area contributed by atoms with Gasteiger partial charge in [-0.25, -0.2) is 4.98 Å². The van der Waals surface area contributed by atoms with Gasteiger partial charge in [0.15, 0.2) is 5.13 Å². The summed E-state index contributed by atoms with van der Waals surface area (Å²) in [5.41, 5.74) is 7.53. The molecule has 0 spiro atoms. The van der Waals surface area contributed by atoms with Crippen molar-refractivity contribution in [3.05, 3.63) is 39.3 Å². The van der Waals surface area contributed by atoms with E-state index < -0.39 is 0 Å². The second-order valence-corrected chi connectivity index (χ2v) is 5.30. The van der Waals surface area contributed by atoms with E-state index in [0.29, 0.717) is 11.7 Å². The van der Waals surface area contributed by atoms with Gasteiger partial charge in [0.1, 0.15) is 5.75 Å². The predicted molar refractivity (Wildman–Crippen MR) is 80.8 cm³/mol. The van der Waals surface area contributed by atoms with Crippen LogP contribution in [0.25, 0.3) is 12.2 Å². The van der Waals surface area contributed by atoms with E-state index in [-0.39, 0.29) is 0 Å². The van der Waals surface area contributed by atoms with Crippen molar-refractivity contribution in [3.63, 3.8) is 0 Å². The van der Waals surface area contributed by atoms with Crippen LogP contribution in [-0.4, -0.2) is 11.6 Å². The first-order valence-electron chi connectivity index (χ1n) is 5.50. The predicted octanol–water partition coefficient (Wildman–Crippen LogP) is 4.06. The zero-order valence-electron chi connectivity index (χ0n) is 9.89. The molecule has 5 heteroatoms. The monoisotopic (exact) mass is 324 g/mol. The average molecular weight is 325 g/mol. The molecule has 0 aliphatic rings. The number of anilines is 1. The number of nitrogens with two attached hydrogens (primary N) is 1. The Labute approximate surface area is 118 Å². The molecule has 1 aromatic carbocycles. The fraction of sp³-hybridized carbons (Fsp3) is 0.154. The molecule has 0 fully saturated rings. The highest BCUT2D eigenvalue weighted by Gasteiger charge is 2.00. The number of ether oxygens (including phenoxy) is 1. The molecule has 1 heterocycles. The maximum Gasteiger partial charge on any atom is 0.180 e. The van der Waals surface area contributed by atoms with Crippen LogP contribution in [0.5, 0.6) is 5.75 Å². The van der Waals surface area contributed by atoms with E-state index in [9.17, 15) is 0 Å². The van der Waals surface area contributed by atoms with E-state index >= 15 is 0 Å². The number of nitrogen functional groups attached to an aromatic ring is 1. The second-order valence-electron chi connectivity index (χ2n) is 3.56. The molecule has 0 unspecified atom stereocenters. The molecule has 0 radical (unpaired) electrons. The van der Waals surface area contributed by atoms with Crippen LogP contribution in [-0.2, 0) is 0 Å². The fourth-order valence-electron chi connectivity index (χ4n) is 1.45. The number of halogens is 1. The summed E-state index contributed by atoms with van der Waals surface area (Å²) in [5.74, 6) is 0.861. The Morgan fingerprint density at radius 3 is 2.89 bits per heavy atom. The first-order chi connectivity index (χ1) is 8.69. The van der Waals surface area contributed by atoms with Crippen molar-refractivity contribution < 1.29 is 4.74 Å². The first-order valence-corrected chi connectivity index (χ1v) is 7.17. The van der Waals surface area contributed by atoms with E-state index in [4.69, 9.17) is 10.5 Å². The van der Waals surface area contributed by atoms with Crippen LogP contribution in [0.4, 0.5) is 5.13 Å². The third kappa shape index (κ3) is 3.34. The Bertz CT molecular complexity index is 566. The van der Waals surface area contributed by atoms with E-state index in [1.165, 1.54) is 11.3 Å². The molecule has 0 atom stereocenters.